The summed E-state index contributed by atoms with van der Waals surface area (Å²) in [6, 6.07) is 3.04. The average Bonchev–Trinajstić information content (AvgIpc) is 2.47. The lowest BCUT2D eigenvalue weighted by Crippen LogP contribution is -2.40. The molecule has 0 spiro atoms. The second-order valence-electron chi connectivity index (χ2n) is 4.51. The highest BCUT2D eigenvalue weighted by molar-refractivity contribution is 7.89. The Kier molecular flexibility index (Phi) is 6.19. The lowest BCUT2D eigenvalue weighted by Gasteiger charge is -2.21. The Morgan fingerprint density at radius 1 is 1.23 bits per heavy atom. The molecule has 0 saturated carbocycles. The van der Waals surface area contributed by atoms with Crippen molar-refractivity contribution in [2.45, 2.75) is 31.7 Å². The second-order valence-corrected chi connectivity index (χ2v) is 6.51. The Balaban J connectivity index is 3.25. The molecule has 0 heterocycles. The minimum Gasteiger partial charge on any atom is -0.490 e. The van der Waals surface area contributed by atoms with Gasteiger partial charge in [0.05, 0.1) is 18.1 Å². The van der Waals surface area contributed by atoms with Crippen molar-refractivity contribution >= 4 is 16.0 Å². The van der Waals surface area contributed by atoms with Gasteiger partial charge < -0.3 is 14.6 Å². The van der Waals surface area contributed by atoms with E-state index in [4.69, 9.17) is 14.6 Å². The largest absolute Gasteiger partial charge is 0.490 e. The number of hydrogen-bond acceptors (Lipinski definition) is 5. The number of benzene rings is 1. The summed E-state index contributed by atoms with van der Waals surface area (Å²) in [5, 5.41) is 8.96. The van der Waals surface area contributed by atoms with Gasteiger partial charge in [-0.3, -0.25) is 4.79 Å². The Morgan fingerprint density at radius 2 is 1.77 bits per heavy atom. The van der Waals surface area contributed by atoms with Gasteiger partial charge in [0.1, 0.15) is 6.04 Å². The van der Waals surface area contributed by atoms with Crippen LogP contribution in [0.2, 0.25) is 0 Å². The first kappa shape index (κ1) is 18.2. The monoisotopic (exact) mass is 331 g/mol. The van der Waals surface area contributed by atoms with Crippen LogP contribution in [-0.4, -0.2) is 50.1 Å². The SMILES string of the molecule is CCOc1ccc(S(=O)(=O)N(C)C(C)C(=O)O)cc1OCC. The summed E-state index contributed by atoms with van der Waals surface area (Å²) in [5.41, 5.74) is 0. The smallest absolute Gasteiger partial charge is 0.321 e. The van der Waals surface area contributed by atoms with Crippen LogP contribution >= 0.6 is 0 Å². The van der Waals surface area contributed by atoms with Crippen molar-refractivity contribution in [3.05, 3.63) is 18.2 Å². The number of carbonyl (C=O) groups is 1. The number of sulfonamides is 1. The molecule has 1 N–H and O–H groups in total. The van der Waals surface area contributed by atoms with Gasteiger partial charge in [-0.15, -0.1) is 0 Å². The molecule has 0 fully saturated rings. The van der Waals surface area contributed by atoms with Crippen LogP contribution in [-0.2, 0) is 14.8 Å². The molecule has 22 heavy (non-hydrogen) atoms. The molecule has 0 bridgehead atoms. The van der Waals surface area contributed by atoms with E-state index in [0.717, 1.165) is 4.31 Å². The first-order valence-electron chi connectivity index (χ1n) is 6.86. The summed E-state index contributed by atoms with van der Waals surface area (Å²) in [5.74, 6) is -0.471. The Labute approximate surface area is 130 Å². The molecule has 1 atom stereocenters. The molecule has 0 saturated heterocycles. The van der Waals surface area contributed by atoms with Crippen molar-refractivity contribution in [1.29, 1.82) is 0 Å². The number of ether oxygens (including phenoxy) is 2. The first-order valence-corrected chi connectivity index (χ1v) is 8.30. The fourth-order valence-electron chi connectivity index (χ4n) is 1.72. The molecule has 1 unspecified atom stereocenters. The standard InChI is InChI=1S/C14H21NO6S/c1-5-20-12-8-7-11(9-13(12)21-6-2)22(18,19)15(4)10(3)14(16)17/h7-10H,5-6H2,1-4H3,(H,16,17). The van der Waals surface area contributed by atoms with Crippen LogP contribution < -0.4 is 9.47 Å². The maximum absolute atomic E-state index is 12.5. The van der Waals surface area contributed by atoms with Crippen molar-refractivity contribution in [2.75, 3.05) is 20.3 Å². The first-order chi connectivity index (χ1) is 10.3. The minimum atomic E-state index is -3.94. The van der Waals surface area contributed by atoms with E-state index in [1.165, 1.54) is 32.2 Å². The van der Waals surface area contributed by atoms with Crippen molar-refractivity contribution in [2.24, 2.45) is 0 Å². The van der Waals surface area contributed by atoms with Crippen LogP contribution in [0.5, 0.6) is 11.5 Å². The van der Waals surface area contributed by atoms with E-state index >= 15 is 0 Å². The van der Waals surface area contributed by atoms with Gasteiger partial charge in [0.15, 0.2) is 11.5 Å². The quantitative estimate of drug-likeness (QED) is 0.777. The van der Waals surface area contributed by atoms with E-state index in [2.05, 4.69) is 0 Å². The van der Waals surface area contributed by atoms with Crippen molar-refractivity contribution in [3.63, 3.8) is 0 Å². The molecule has 1 aromatic carbocycles. The van der Waals surface area contributed by atoms with E-state index in [0.29, 0.717) is 24.7 Å². The molecule has 7 nitrogen and oxygen atoms in total. The number of hydrogen-bond donors (Lipinski definition) is 1. The minimum absolute atomic E-state index is 0.0463. The molecule has 1 rings (SSSR count). The van der Waals surface area contributed by atoms with Gasteiger partial charge in [-0.05, 0) is 32.9 Å². The predicted molar refractivity (Wildman–Crippen MR) is 80.8 cm³/mol. The lowest BCUT2D eigenvalue weighted by molar-refractivity contribution is -0.140. The lowest BCUT2D eigenvalue weighted by atomic mass is 10.3. The number of carboxylic acids is 1. The van der Waals surface area contributed by atoms with E-state index in [1.807, 2.05) is 6.92 Å². The highest BCUT2D eigenvalue weighted by Crippen LogP contribution is 2.31. The fraction of sp³-hybridized carbons (Fsp3) is 0.500. The van der Waals surface area contributed by atoms with Crippen LogP contribution in [0.4, 0.5) is 0 Å². The summed E-state index contributed by atoms with van der Waals surface area (Å²) in [6.45, 7) is 5.66. The van der Waals surface area contributed by atoms with Gasteiger partial charge in [-0.1, -0.05) is 0 Å². The zero-order valence-corrected chi connectivity index (χ0v) is 13.9. The average molecular weight is 331 g/mol. The molecule has 0 aliphatic heterocycles. The number of aliphatic carboxylic acids is 1. The van der Waals surface area contributed by atoms with Gasteiger partial charge >= 0.3 is 5.97 Å². The van der Waals surface area contributed by atoms with Gasteiger partial charge in [-0.2, -0.15) is 4.31 Å². The van der Waals surface area contributed by atoms with Crippen molar-refractivity contribution in [1.82, 2.24) is 4.31 Å². The van der Waals surface area contributed by atoms with Crippen LogP contribution in [0.25, 0.3) is 0 Å². The van der Waals surface area contributed by atoms with Gasteiger partial charge in [-0.25, -0.2) is 8.42 Å². The van der Waals surface area contributed by atoms with Gasteiger partial charge in [0, 0.05) is 13.1 Å². The molecule has 0 aliphatic rings. The predicted octanol–water partition coefficient (Wildman–Crippen LogP) is 1.58. The molecule has 0 aliphatic carbocycles. The van der Waals surface area contributed by atoms with Crippen LogP contribution in [0, 0.1) is 0 Å². The summed E-state index contributed by atoms with van der Waals surface area (Å²) in [7, 11) is -2.71. The van der Waals surface area contributed by atoms with Crippen LogP contribution in [0.3, 0.4) is 0 Å². The van der Waals surface area contributed by atoms with E-state index in [9.17, 15) is 13.2 Å². The molecule has 1 aromatic rings. The maximum Gasteiger partial charge on any atom is 0.321 e. The number of nitrogens with zero attached hydrogens (tertiary/aromatic N) is 1. The Hall–Kier alpha value is -1.80. The van der Waals surface area contributed by atoms with E-state index < -0.39 is 22.0 Å². The third-order valence-electron chi connectivity index (χ3n) is 3.09. The summed E-state index contributed by atoms with van der Waals surface area (Å²) >= 11 is 0. The van der Waals surface area contributed by atoms with Crippen molar-refractivity contribution in [3.8, 4) is 11.5 Å². The zero-order chi connectivity index (χ0) is 16.9. The molecule has 8 heteroatoms. The summed E-state index contributed by atoms with van der Waals surface area (Å²) < 4.78 is 36.5. The number of carboxylic acid groups (broad SMARTS) is 1. The number of rotatable bonds is 8. The Morgan fingerprint density at radius 3 is 2.27 bits per heavy atom. The van der Waals surface area contributed by atoms with Crippen molar-refractivity contribution < 1.29 is 27.8 Å². The summed E-state index contributed by atoms with van der Waals surface area (Å²) in [6.07, 6.45) is 0. The topological polar surface area (TPSA) is 93.1 Å². The van der Waals surface area contributed by atoms with Crippen LogP contribution in [0.1, 0.15) is 20.8 Å². The Bertz CT molecular complexity index is 628. The number of likely N-dealkylation sites (N-methyl/N-ethyl adjacent to an activating group) is 1. The molecule has 0 radical (unpaired) electrons. The molecular weight excluding hydrogens is 310 g/mol. The third-order valence-corrected chi connectivity index (χ3v) is 5.02. The normalized spacial score (nSPS) is 13.0. The van der Waals surface area contributed by atoms with Gasteiger partial charge in [0.25, 0.3) is 0 Å². The maximum atomic E-state index is 12.5. The van der Waals surface area contributed by atoms with E-state index in [1.54, 1.807) is 6.92 Å². The van der Waals surface area contributed by atoms with Gasteiger partial charge in [0.2, 0.25) is 10.0 Å². The van der Waals surface area contributed by atoms with Crippen LogP contribution in [0.15, 0.2) is 23.1 Å². The molecular formula is C14H21NO6S. The van der Waals surface area contributed by atoms with E-state index in [-0.39, 0.29) is 4.90 Å². The molecule has 124 valence electrons. The zero-order valence-electron chi connectivity index (χ0n) is 13.1. The second kappa shape index (κ2) is 7.46. The molecule has 0 aromatic heterocycles. The molecule has 0 amide bonds. The summed E-state index contributed by atoms with van der Waals surface area (Å²) in [4.78, 5) is 10.9. The highest BCUT2D eigenvalue weighted by atomic mass is 32.2. The highest BCUT2D eigenvalue weighted by Gasteiger charge is 2.30. The fourth-order valence-corrected chi connectivity index (χ4v) is 3.06. The third kappa shape index (κ3) is 3.89.